The van der Waals surface area contributed by atoms with Crippen LogP contribution in [-0.4, -0.2) is 32.9 Å². The van der Waals surface area contributed by atoms with Gasteiger partial charge in [-0.1, -0.05) is 13.8 Å². The normalized spacial score (nSPS) is 16.6. The Morgan fingerprint density at radius 1 is 1.13 bits per heavy atom. The Balaban J connectivity index is 1.63. The molecule has 4 heterocycles. The van der Waals surface area contributed by atoms with E-state index >= 15 is 0 Å². The summed E-state index contributed by atoms with van der Waals surface area (Å²) < 4.78 is 1.87. The Bertz CT molecular complexity index is 785. The number of rotatable bonds is 3. The van der Waals surface area contributed by atoms with Gasteiger partial charge in [-0.15, -0.1) is 15.3 Å². The van der Waals surface area contributed by atoms with Crippen molar-refractivity contribution >= 4 is 22.8 Å². The highest BCUT2D eigenvalue weighted by Crippen LogP contribution is 2.27. The average Bonchev–Trinajstić information content (AvgIpc) is 3.23. The van der Waals surface area contributed by atoms with Gasteiger partial charge in [-0.2, -0.15) is 15.9 Å². The van der Waals surface area contributed by atoms with Crippen molar-refractivity contribution in [2.75, 3.05) is 18.0 Å². The van der Waals surface area contributed by atoms with Gasteiger partial charge < -0.3 is 4.90 Å². The monoisotopic (exact) mass is 327 g/mol. The molecule has 0 aromatic carbocycles. The molecule has 0 saturated carbocycles. The van der Waals surface area contributed by atoms with E-state index in [0.717, 1.165) is 47.8 Å². The highest BCUT2D eigenvalue weighted by Gasteiger charge is 2.23. The minimum Gasteiger partial charge on any atom is -0.355 e. The predicted octanol–water partition coefficient (Wildman–Crippen LogP) is 3.73. The minimum absolute atomic E-state index is 0.774. The second-order valence-corrected chi connectivity index (χ2v) is 7.35. The molecule has 0 unspecified atom stereocenters. The van der Waals surface area contributed by atoms with E-state index in [0.29, 0.717) is 0 Å². The van der Waals surface area contributed by atoms with Crippen LogP contribution in [-0.2, 0) is 0 Å². The van der Waals surface area contributed by atoms with E-state index in [-0.39, 0.29) is 0 Å². The minimum atomic E-state index is 0.774. The van der Waals surface area contributed by atoms with E-state index in [1.165, 1.54) is 12.8 Å². The van der Waals surface area contributed by atoms with Crippen LogP contribution in [0.5, 0.6) is 0 Å². The summed E-state index contributed by atoms with van der Waals surface area (Å²) >= 11 is 1.66. The maximum absolute atomic E-state index is 4.81. The maximum Gasteiger partial charge on any atom is 0.186 e. The van der Waals surface area contributed by atoms with Crippen molar-refractivity contribution < 1.29 is 0 Å². The third-order valence-electron chi connectivity index (χ3n) is 4.83. The molecule has 0 amide bonds. The topological polar surface area (TPSA) is 46.3 Å². The lowest BCUT2D eigenvalue weighted by Crippen LogP contribution is -2.36. The van der Waals surface area contributed by atoms with Gasteiger partial charge in [0.1, 0.15) is 5.82 Å². The van der Waals surface area contributed by atoms with Gasteiger partial charge in [0, 0.05) is 24.0 Å². The second kappa shape index (κ2) is 5.92. The molecular weight excluding hydrogens is 306 g/mol. The van der Waals surface area contributed by atoms with Crippen molar-refractivity contribution in [3.05, 3.63) is 29.0 Å². The molecular formula is C17H21N5S. The van der Waals surface area contributed by atoms with Crippen LogP contribution >= 0.6 is 11.3 Å². The molecule has 1 saturated heterocycles. The molecule has 5 nitrogen and oxygen atoms in total. The first-order valence-corrected chi connectivity index (χ1v) is 9.16. The molecule has 0 N–H and O–H groups in total. The standard InChI is InChI=1S/C17H21N5S/c1-12(2)13-5-8-21(9-6-13)16-4-3-15-18-19-17(22(15)20-16)14-7-10-23-11-14/h3-4,7,10-13H,5-6,8-9H2,1-2H3. The summed E-state index contributed by atoms with van der Waals surface area (Å²) in [5.74, 6) is 3.46. The summed E-state index contributed by atoms with van der Waals surface area (Å²) in [6, 6.07) is 6.14. The molecule has 120 valence electrons. The number of hydrogen-bond donors (Lipinski definition) is 0. The van der Waals surface area contributed by atoms with E-state index in [1.54, 1.807) is 11.3 Å². The average molecular weight is 327 g/mol. The van der Waals surface area contributed by atoms with Crippen molar-refractivity contribution in [1.82, 2.24) is 19.8 Å². The van der Waals surface area contributed by atoms with Gasteiger partial charge in [0.15, 0.2) is 11.5 Å². The van der Waals surface area contributed by atoms with Crippen molar-refractivity contribution in [2.45, 2.75) is 26.7 Å². The summed E-state index contributed by atoms with van der Waals surface area (Å²) in [5, 5.41) is 17.5. The van der Waals surface area contributed by atoms with Crippen LogP contribution in [0.3, 0.4) is 0 Å². The van der Waals surface area contributed by atoms with Gasteiger partial charge in [0.2, 0.25) is 0 Å². The van der Waals surface area contributed by atoms with Gasteiger partial charge in [-0.25, -0.2) is 0 Å². The highest BCUT2D eigenvalue weighted by atomic mass is 32.1. The summed E-state index contributed by atoms with van der Waals surface area (Å²) in [4.78, 5) is 2.38. The van der Waals surface area contributed by atoms with Gasteiger partial charge in [0.05, 0.1) is 0 Å². The summed E-state index contributed by atoms with van der Waals surface area (Å²) in [6.07, 6.45) is 2.49. The third-order valence-corrected chi connectivity index (χ3v) is 5.52. The number of thiophene rings is 1. The van der Waals surface area contributed by atoms with Crippen molar-refractivity contribution in [3.63, 3.8) is 0 Å². The van der Waals surface area contributed by atoms with Crippen LogP contribution < -0.4 is 4.90 Å². The molecule has 0 bridgehead atoms. The first kappa shape index (κ1) is 14.6. The second-order valence-electron chi connectivity index (χ2n) is 6.57. The van der Waals surface area contributed by atoms with E-state index in [1.807, 2.05) is 10.6 Å². The Labute approximate surface area is 140 Å². The number of hydrogen-bond acceptors (Lipinski definition) is 5. The first-order chi connectivity index (χ1) is 11.2. The van der Waals surface area contributed by atoms with E-state index in [4.69, 9.17) is 5.10 Å². The van der Waals surface area contributed by atoms with Crippen LogP contribution in [0.1, 0.15) is 26.7 Å². The Hall–Kier alpha value is -1.95. The Kier molecular flexibility index (Phi) is 3.77. The van der Waals surface area contributed by atoms with Crippen molar-refractivity contribution in [2.24, 2.45) is 11.8 Å². The fourth-order valence-corrected chi connectivity index (χ4v) is 3.95. The number of piperidine rings is 1. The summed E-state index contributed by atoms with van der Waals surface area (Å²) in [5.41, 5.74) is 1.87. The molecule has 1 fully saturated rings. The van der Waals surface area contributed by atoms with Gasteiger partial charge in [-0.05, 0) is 48.3 Å². The quantitative estimate of drug-likeness (QED) is 0.735. The molecule has 23 heavy (non-hydrogen) atoms. The van der Waals surface area contributed by atoms with Crippen molar-refractivity contribution in [1.29, 1.82) is 0 Å². The molecule has 1 aliphatic rings. The largest absolute Gasteiger partial charge is 0.355 e. The zero-order valence-electron chi connectivity index (χ0n) is 13.5. The van der Waals surface area contributed by atoms with Gasteiger partial charge in [-0.3, -0.25) is 0 Å². The number of anilines is 1. The molecule has 6 heteroatoms. The summed E-state index contributed by atoms with van der Waals surface area (Å²) in [6.45, 7) is 6.82. The molecule has 0 atom stereocenters. The molecule has 0 aliphatic carbocycles. The highest BCUT2D eigenvalue weighted by molar-refractivity contribution is 7.08. The lowest BCUT2D eigenvalue weighted by atomic mass is 9.87. The molecule has 3 aromatic heterocycles. The third kappa shape index (κ3) is 2.72. The van der Waals surface area contributed by atoms with Gasteiger partial charge >= 0.3 is 0 Å². The van der Waals surface area contributed by atoms with Crippen molar-refractivity contribution in [3.8, 4) is 11.4 Å². The van der Waals surface area contributed by atoms with Crippen LogP contribution in [0.2, 0.25) is 0 Å². The first-order valence-electron chi connectivity index (χ1n) is 8.22. The summed E-state index contributed by atoms with van der Waals surface area (Å²) in [7, 11) is 0. The molecule has 4 rings (SSSR count). The zero-order chi connectivity index (χ0) is 15.8. The van der Waals surface area contributed by atoms with Crippen LogP contribution in [0, 0.1) is 11.8 Å². The fraction of sp³-hybridized carbons (Fsp3) is 0.471. The molecule has 1 aliphatic heterocycles. The molecule has 0 spiro atoms. The van der Waals surface area contributed by atoms with Crippen LogP contribution in [0.15, 0.2) is 29.0 Å². The van der Waals surface area contributed by atoms with Gasteiger partial charge in [0.25, 0.3) is 0 Å². The predicted molar refractivity (Wildman–Crippen MR) is 93.9 cm³/mol. The lowest BCUT2D eigenvalue weighted by Gasteiger charge is -2.34. The van der Waals surface area contributed by atoms with Crippen LogP contribution in [0.4, 0.5) is 5.82 Å². The lowest BCUT2D eigenvalue weighted by molar-refractivity contribution is 0.310. The van der Waals surface area contributed by atoms with Crippen LogP contribution in [0.25, 0.3) is 17.0 Å². The van der Waals surface area contributed by atoms with E-state index in [9.17, 15) is 0 Å². The smallest absolute Gasteiger partial charge is 0.186 e. The molecule has 0 radical (unpaired) electrons. The Morgan fingerprint density at radius 2 is 1.96 bits per heavy atom. The van der Waals surface area contributed by atoms with E-state index < -0.39 is 0 Å². The Morgan fingerprint density at radius 3 is 2.65 bits per heavy atom. The number of aromatic nitrogens is 4. The number of nitrogens with zero attached hydrogens (tertiary/aromatic N) is 5. The zero-order valence-corrected chi connectivity index (χ0v) is 14.3. The molecule has 3 aromatic rings. The van der Waals surface area contributed by atoms with E-state index in [2.05, 4.69) is 51.8 Å². The number of fused-ring (bicyclic) bond motifs is 1. The fourth-order valence-electron chi connectivity index (χ4n) is 3.31. The SMILES string of the molecule is CC(C)C1CCN(c2ccc3nnc(-c4ccsc4)n3n2)CC1. The maximum atomic E-state index is 4.81.